The van der Waals surface area contributed by atoms with Crippen molar-refractivity contribution in [2.75, 3.05) is 10.6 Å². The van der Waals surface area contributed by atoms with Gasteiger partial charge in [0.25, 0.3) is 5.69 Å². The highest BCUT2D eigenvalue weighted by Crippen LogP contribution is 2.24. The SMILES string of the molecule is O=C(Nc1ccccc1[N+](=O)[O-])Nc1ccc(F)c(F)c1F. The van der Waals surface area contributed by atoms with E-state index in [2.05, 4.69) is 5.32 Å². The standard InChI is InChI=1S/C13H8F3N3O3/c14-7-5-6-9(12(16)11(7)15)18-13(20)17-8-3-1-2-4-10(8)19(21)22/h1-6H,(H2,17,18,20). The Morgan fingerprint density at radius 2 is 1.59 bits per heavy atom. The average Bonchev–Trinajstić information content (AvgIpc) is 2.48. The quantitative estimate of drug-likeness (QED) is 0.515. The second-order valence-electron chi connectivity index (χ2n) is 4.08. The predicted octanol–water partition coefficient (Wildman–Crippen LogP) is 3.66. The summed E-state index contributed by atoms with van der Waals surface area (Å²) in [5.74, 6) is -4.71. The van der Waals surface area contributed by atoms with Gasteiger partial charge in [-0.2, -0.15) is 0 Å². The molecule has 0 aliphatic carbocycles. The number of rotatable bonds is 3. The number of para-hydroxylation sites is 2. The van der Waals surface area contributed by atoms with E-state index in [-0.39, 0.29) is 11.4 Å². The first-order valence-electron chi connectivity index (χ1n) is 5.85. The minimum Gasteiger partial charge on any atom is -0.305 e. The van der Waals surface area contributed by atoms with Gasteiger partial charge in [0.2, 0.25) is 0 Å². The molecular formula is C13H8F3N3O3. The summed E-state index contributed by atoms with van der Waals surface area (Å²) in [6.45, 7) is 0. The molecule has 0 saturated heterocycles. The number of urea groups is 1. The van der Waals surface area contributed by atoms with Crippen LogP contribution in [0.4, 0.5) is 35.0 Å². The van der Waals surface area contributed by atoms with E-state index in [4.69, 9.17) is 0 Å². The molecule has 0 atom stereocenters. The lowest BCUT2D eigenvalue weighted by Gasteiger charge is -2.09. The summed E-state index contributed by atoms with van der Waals surface area (Å²) in [6.07, 6.45) is 0. The number of hydrogen-bond donors (Lipinski definition) is 2. The van der Waals surface area contributed by atoms with Crippen molar-refractivity contribution in [3.05, 3.63) is 64.0 Å². The van der Waals surface area contributed by atoms with Crippen molar-refractivity contribution in [2.45, 2.75) is 0 Å². The fourth-order valence-corrected chi connectivity index (χ4v) is 1.64. The normalized spacial score (nSPS) is 10.1. The van der Waals surface area contributed by atoms with Crippen LogP contribution in [0.15, 0.2) is 36.4 Å². The largest absolute Gasteiger partial charge is 0.323 e. The maximum absolute atomic E-state index is 13.4. The second kappa shape index (κ2) is 6.12. The molecular weight excluding hydrogens is 303 g/mol. The number of anilines is 2. The molecule has 0 bridgehead atoms. The van der Waals surface area contributed by atoms with Crippen LogP contribution in [-0.2, 0) is 0 Å². The van der Waals surface area contributed by atoms with E-state index >= 15 is 0 Å². The van der Waals surface area contributed by atoms with Gasteiger partial charge in [-0.1, -0.05) is 12.1 Å². The molecule has 0 unspecified atom stereocenters. The number of carbonyl (C=O) groups excluding carboxylic acids is 1. The van der Waals surface area contributed by atoms with Gasteiger partial charge in [0.1, 0.15) is 5.69 Å². The van der Waals surface area contributed by atoms with Crippen molar-refractivity contribution >= 4 is 23.1 Å². The van der Waals surface area contributed by atoms with Gasteiger partial charge in [0.05, 0.1) is 10.6 Å². The molecule has 114 valence electrons. The molecule has 0 aromatic heterocycles. The van der Waals surface area contributed by atoms with Gasteiger partial charge in [-0.25, -0.2) is 18.0 Å². The first-order chi connectivity index (χ1) is 10.4. The van der Waals surface area contributed by atoms with Crippen molar-refractivity contribution in [1.82, 2.24) is 0 Å². The Bertz CT molecular complexity index is 753. The minimum atomic E-state index is -1.73. The molecule has 2 amide bonds. The first-order valence-corrected chi connectivity index (χ1v) is 5.85. The molecule has 0 heterocycles. The highest BCUT2D eigenvalue weighted by atomic mass is 19.2. The number of halogens is 3. The van der Waals surface area contributed by atoms with Gasteiger partial charge in [0, 0.05) is 6.07 Å². The molecule has 2 aromatic rings. The highest BCUT2D eigenvalue weighted by Gasteiger charge is 2.18. The smallest absolute Gasteiger partial charge is 0.305 e. The van der Waals surface area contributed by atoms with Crippen molar-refractivity contribution in [2.24, 2.45) is 0 Å². The molecule has 9 heteroatoms. The first kappa shape index (κ1) is 15.3. The van der Waals surface area contributed by atoms with E-state index < -0.39 is 34.1 Å². The fraction of sp³-hybridized carbons (Fsp3) is 0. The zero-order valence-corrected chi connectivity index (χ0v) is 10.8. The Morgan fingerprint density at radius 3 is 2.27 bits per heavy atom. The Balaban J connectivity index is 2.18. The molecule has 0 aliphatic rings. The van der Waals surface area contributed by atoms with Gasteiger partial charge < -0.3 is 10.6 Å². The third-order valence-corrected chi connectivity index (χ3v) is 2.63. The van der Waals surface area contributed by atoms with E-state index in [0.29, 0.717) is 6.07 Å². The zero-order chi connectivity index (χ0) is 16.3. The Labute approximate surface area is 121 Å². The van der Waals surface area contributed by atoms with Gasteiger partial charge >= 0.3 is 6.03 Å². The molecule has 2 aromatic carbocycles. The average molecular weight is 311 g/mol. The monoisotopic (exact) mass is 311 g/mol. The van der Waals surface area contributed by atoms with Crippen LogP contribution in [0, 0.1) is 27.6 Å². The number of amides is 2. The van der Waals surface area contributed by atoms with Gasteiger partial charge in [-0.3, -0.25) is 10.1 Å². The summed E-state index contributed by atoms with van der Waals surface area (Å²) in [5, 5.41) is 14.8. The lowest BCUT2D eigenvalue weighted by molar-refractivity contribution is -0.383. The zero-order valence-electron chi connectivity index (χ0n) is 10.8. The number of hydrogen-bond acceptors (Lipinski definition) is 3. The number of nitro benzene ring substituents is 1. The molecule has 0 saturated carbocycles. The summed E-state index contributed by atoms with van der Waals surface area (Å²) >= 11 is 0. The Kier molecular flexibility index (Phi) is 4.25. The minimum absolute atomic E-state index is 0.131. The topological polar surface area (TPSA) is 84.3 Å². The Morgan fingerprint density at radius 1 is 0.955 bits per heavy atom. The van der Waals surface area contributed by atoms with Crippen molar-refractivity contribution in [1.29, 1.82) is 0 Å². The van der Waals surface area contributed by atoms with E-state index in [1.807, 2.05) is 5.32 Å². The number of benzene rings is 2. The fourth-order valence-electron chi connectivity index (χ4n) is 1.64. The van der Waals surface area contributed by atoms with Crippen LogP contribution in [0.1, 0.15) is 0 Å². The second-order valence-corrected chi connectivity index (χ2v) is 4.08. The highest BCUT2D eigenvalue weighted by molar-refractivity contribution is 6.01. The summed E-state index contributed by atoms with van der Waals surface area (Å²) in [4.78, 5) is 21.7. The summed E-state index contributed by atoms with van der Waals surface area (Å²) < 4.78 is 39.2. The van der Waals surface area contributed by atoms with Crippen molar-refractivity contribution in [3.63, 3.8) is 0 Å². The van der Waals surface area contributed by atoms with Crippen LogP contribution in [0.3, 0.4) is 0 Å². The third kappa shape index (κ3) is 3.14. The van der Waals surface area contributed by atoms with Crippen molar-refractivity contribution < 1.29 is 22.9 Å². The van der Waals surface area contributed by atoms with Crippen LogP contribution in [0.5, 0.6) is 0 Å². The molecule has 22 heavy (non-hydrogen) atoms. The van der Waals surface area contributed by atoms with E-state index in [1.54, 1.807) is 0 Å². The maximum Gasteiger partial charge on any atom is 0.323 e. The molecule has 6 nitrogen and oxygen atoms in total. The molecule has 2 N–H and O–H groups in total. The van der Waals surface area contributed by atoms with Crippen LogP contribution in [0.2, 0.25) is 0 Å². The predicted molar refractivity (Wildman–Crippen MR) is 72.1 cm³/mol. The lowest BCUT2D eigenvalue weighted by atomic mass is 10.2. The summed E-state index contributed by atoms with van der Waals surface area (Å²) in [5.41, 5.74) is -1.11. The summed E-state index contributed by atoms with van der Waals surface area (Å²) in [6, 6.07) is 5.69. The number of carbonyl (C=O) groups is 1. The molecule has 2 rings (SSSR count). The number of nitrogens with one attached hydrogen (secondary N) is 2. The number of nitro groups is 1. The van der Waals surface area contributed by atoms with E-state index in [0.717, 1.165) is 12.1 Å². The van der Waals surface area contributed by atoms with Crippen LogP contribution < -0.4 is 10.6 Å². The van der Waals surface area contributed by atoms with Crippen LogP contribution in [0.25, 0.3) is 0 Å². The van der Waals surface area contributed by atoms with Gasteiger partial charge in [-0.05, 0) is 18.2 Å². The molecule has 0 radical (unpaired) electrons. The Hall–Kier alpha value is -3.10. The molecule has 0 aliphatic heterocycles. The van der Waals surface area contributed by atoms with Crippen LogP contribution in [-0.4, -0.2) is 11.0 Å². The third-order valence-electron chi connectivity index (χ3n) is 2.63. The van der Waals surface area contributed by atoms with Gasteiger partial charge in [0.15, 0.2) is 17.5 Å². The van der Waals surface area contributed by atoms with Crippen LogP contribution >= 0.6 is 0 Å². The van der Waals surface area contributed by atoms with E-state index in [9.17, 15) is 28.1 Å². The molecule has 0 spiro atoms. The number of nitrogens with zero attached hydrogens (tertiary/aromatic N) is 1. The van der Waals surface area contributed by atoms with Crippen molar-refractivity contribution in [3.8, 4) is 0 Å². The van der Waals surface area contributed by atoms with E-state index in [1.165, 1.54) is 18.2 Å². The molecule has 0 fully saturated rings. The maximum atomic E-state index is 13.4. The van der Waals surface area contributed by atoms with Gasteiger partial charge in [-0.15, -0.1) is 0 Å². The summed E-state index contributed by atoms with van der Waals surface area (Å²) in [7, 11) is 0. The lowest BCUT2D eigenvalue weighted by Crippen LogP contribution is -2.21.